The van der Waals surface area contributed by atoms with Crippen LogP contribution in [0, 0.1) is 17.6 Å². The standard InChI is InChI=1S/C22H23F2N3O2/c1-13-6-8-15(9-7-13)27-12-14-10-19(20(29-2)11-18(14)26-27)25-22(28)16-4-3-5-17(23)21(16)24/h3-5,10-13,15H,6-9H2,1-2H3,(H,25,28). The maximum absolute atomic E-state index is 13.9. The molecule has 7 heteroatoms. The van der Waals surface area contributed by atoms with Crippen LogP contribution in [-0.2, 0) is 0 Å². The number of rotatable bonds is 4. The number of halogens is 2. The zero-order chi connectivity index (χ0) is 20.5. The molecule has 3 aromatic rings. The summed E-state index contributed by atoms with van der Waals surface area (Å²) in [6.45, 7) is 2.27. The van der Waals surface area contributed by atoms with E-state index in [1.165, 1.54) is 32.1 Å². The van der Waals surface area contributed by atoms with Gasteiger partial charge >= 0.3 is 0 Å². The first-order chi connectivity index (χ1) is 14.0. The number of nitrogens with one attached hydrogen (secondary N) is 1. The van der Waals surface area contributed by atoms with Crippen molar-refractivity contribution in [3.05, 3.63) is 53.7 Å². The van der Waals surface area contributed by atoms with Crippen LogP contribution in [0.3, 0.4) is 0 Å². The summed E-state index contributed by atoms with van der Waals surface area (Å²) in [5, 5.41) is 8.16. The number of methoxy groups -OCH3 is 1. The number of hydrogen-bond donors (Lipinski definition) is 1. The molecule has 2 aromatic carbocycles. The Kier molecular flexibility index (Phi) is 5.22. The van der Waals surface area contributed by atoms with E-state index in [4.69, 9.17) is 4.74 Å². The number of fused-ring (bicyclic) bond motifs is 1. The van der Waals surface area contributed by atoms with E-state index in [1.807, 2.05) is 10.9 Å². The van der Waals surface area contributed by atoms with Crippen molar-refractivity contribution in [3.63, 3.8) is 0 Å². The summed E-state index contributed by atoms with van der Waals surface area (Å²) in [5.74, 6) is -1.83. The van der Waals surface area contributed by atoms with Gasteiger partial charge in [-0.3, -0.25) is 9.48 Å². The molecule has 0 unspecified atom stereocenters. The Hall–Kier alpha value is -2.96. The first-order valence-electron chi connectivity index (χ1n) is 9.78. The predicted molar refractivity (Wildman–Crippen MR) is 107 cm³/mol. The van der Waals surface area contributed by atoms with Gasteiger partial charge in [-0.05, 0) is 49.8 Å². The van der Waals surface area contributed by atoms with E-state index in [1.54, 1.807) is 12.1 Å². The van der Waals surface area contributed by atoms with Crippen LogP contribution < -0.4 is 10.1 Å². The minimum atomic E-state index is -1.18. The normalized spacial score (nSPS) is 19.3. The minimum Gasteiger partial charge on any atom is -0.494 e. The SMILES string of the molecule is COc1cc2nn(C3CCC(C)CC3)cc2cc1NC(=O)c1cccc(F)c1F. The van der Waals surface area contributed by atoms with Gasteiger partial charge in [0.05, 0.1) is 29.9 Å². The molecule has 0 spiro atoms. The van der Waals surface area contributed by atoms with E-state index in [0.717, 1.165) is 35.7 Å². The van der Waals surface area contributed by atoms with Crippen LogP contribution in [0.4, 0.5) is 14.5 Å². The van der Waals surface area contributed by atoms with E-state index in [-0.39, 0.29) is 5.56 Å². The summed E-state index contributed by atoms with van der Waals surface area (Å²) in [7, 11) is 1.49. The number of amides is 1. The molecule has 4 rings (SSSR count). The average molecular weight is 399 g/mol. The lowest BCUT2D eigenvalue weighted by molar-refractivity contribution is 0.102. The van der Waals surface area contributed by atoms with Crippen molar-refractivity contribution in [2.24, 2.45) is 5.92 Å². The third kappa shape index (κ3) is 3.81. The van der Waals surface area contributed by atoms with Gasteiger partial charge in [0.2, 0.25) is 0 Å². The summed E-state index contributed by atoms with van der Waals surface area (Å²) in [5.41, 5.74) is 0.778. The predicted octanol–water partition coefficient (Wildman–Crippen LogP) is 5.33. The topological polar surface area (TPSA) is 56.1 Å². The van der Waals surface area contributed by atoms with E-state index in [0.29, 0.717) is 17.5 Å². The van der Waals surface area contributed by atoms with E-state index >= 15 is 0 Å². The molecule has 0 saturated heterocycles. The van der Waals surface area contributed by atoms with Crippen molar-refractivity contribution >= 4 is 22.5 Å². The average Bonchev–Trinajstić information content (AvgIpc) is 3.12. The second-order valence-electron chi connectivity index (χ2n) is 7.69. The quantitative estimate of drug-likeness (QED) is 0.645. The Morgan fingerprint density at radius 3 is 2.69 bits per heavy atom. The highest BCUT2D eigenvalue weighted by Gasteiger charge is 2.22. The largest absolute Gasteiger partial charge is 0.494 e. The van der Waals surface area contributed by atoms with E-state index < -0.39 is 17.5 Å². The van der Waals surface area contributed by atoms with Crippen LogP contribution in [0.15, 0.2) is 36.5 Å². The number of benzene rings is 2. The zero-order valence-electron chi connectivity index (χ0n) is 16.4. The lowest BCUT2D eigenvalue weighted by Crippen LogP contribution is -2.16. The molecule has 1 aromatic heterocycles. The Balaban J connectivity index is 1.63. The van der Waals surface area contributed by atoms with Gasteiger partial charge in [0.15, 0.2) is 11.6 Å². The molecule has 0 radical (unpaired) electrons. The number of aromatic nitrogens is 2. The lowest BCUT2D eigenvalue weighted by atomic mass is 9.87. The van der Waals surface area contributed by atoms with E-state index in [2.05, 4.69) is 17.3 Å². The molecule has 152 valence electrons. The molecule has 1 aliphatic carbocycles. The van der Waals surface area contributed by atoms with Gasteiger partial charge in [-0.2, -0.15) is 5.10 Å². The number of ether oxygens (including phenoxy) is 1. The van der Waals surface area contributed by atoms with Crippen molar-refractivity contribution in [1.29, 1.82) is 0 Å². The van der Waals surface area contributed by atoms with Crippen LogP contribution in [0.1, 0.15) is 49.0 Å². The fraction of sp³-hybridized carbons (Fsp3) is 0.364. The van der Waals surface area contributed by atoms with E-state index in [9.17, 15) is 13.6 Å². The highest BCUT2D eigenvalue weighted by Crippen LogP contribution is 2.35. The molecule has 1 heterocycles. The fourth-order valence-corrected chi connectivity index (χ4v) is 3.90. The van der Waals surface area contributed by atoms with Crippen LogP contribution in [-0.4, -0.2) is 22.8 Å². The highest BCUT2D eigenvalue weighted by molar-refractivity contribution is 6.06. The van der Waals surface area contributed by atoms with Crippen molar-refractivity contribution in [1.82, 2.24) is 9.78 Å². The molecule has 1 saturated carbocycles. The molecule has 0 bridgehead atoms. The summed E-state index contributed by atoms with van der Waals surface area (Å²) in [6.07, 6.45) is 6.52. The van der Waals surface area contributed by atoms with Crippen LogP contribution in [0.2, 0.25) is 0 Å². The second-order valence-corrected chi connectivity index (χ2v) is 7.69. The summed E-state index contributed by atoms with van der Waals surface area (Å²) in [4.78, 5) is 12.5. The Labute approximate surface area is 167 Å². The zero-order valence-corrected chi connectivity index (χ0v) is 16.4. The van der Waals surface area contributed by atoms with Crippen LogP contribution in [0.25, 0.3) is 10.9 Å². The molecule has 1 aliphatic rings. The van der Waals surface area contributed by atoms with Crippen molar-refractivity contribution in [2.45, 2.75) is 38.6 Å². The molecule has 1 N–H and O–H groups in total. The molecule has 1 amide bonds. The maximum Gasteiger partial charge on any atom is 0.258 e. The molecular formula is C22H23F2N3O2. The molecule has 0 aliphatic heterocycles. The van der Waals surface area contributed by atoms with Gasteiger partial charge in [0.1, 0.15) is 5.75 Å². The Morgan fingerprint density at radius 1 is 1.21 bits per heavy atom. The first-order valence-corrected chi connectivity index (χ1v) is 9.78. The van der Waals surface area contributed by atoms with Crippen LogP contribution >= 0.6 is 0 Å². The monoisotopic (exact) mass is 399 g/mol. The summed E-state index contributed by atoms with van der Waals surface area (Å²) in [6, 6.07) is 7.36. The Morgan fingerprint density at radius 2 is 1.97 bits per heavy atom. The van der Waals surface area contributed by atoms with Crippen molar-refractivity contribution in [3.8, 4) is 5.75 Å². The third-order valence-corrected chi connectivity index (χ3v) is 5.65. The second kappa shape index (κ2) is 7.81. The smallest absolute Gasteiger partial charge is 0.258 e. The first kappa shape index (κ1) is 19.4. The minimum absolute atomic E-state index is 0.362. The number of carbonyl (C=O) groups is 1. The van der Waals surface area contributed by atoms with Crippen molar-refractivity contribution < 1.29 is 18.3 Å². The molecule has 1 fully saturated rings. The van der Waals surface area contributed by atoms with Crippen molar-refractivity contribution in [2.75, 3.05) is 12.4 Å². The number of hydrogen-bond acceptors (Lipinski definition) is 3. The number of anilines is 1. The lowest BCUT2D eigenvalue weighted by Gasteiger charge is -2.26. The maximum atomic E-state index is 13.9. The Bertz CT molecular complexity index is 1060. The molecule has 29 heavy (non-hydrogen) atoms. The molecule has 0 atom stereocenters. The summed E-state index contributed by atoms with van der Waals surface area (Å²) >= 11 is 0. The van der Waals surface area contributed by atoms with Gasteiger partial charge in [-0.25, -0.2) is 8.78 Å². The van der Waals surface area contributed by atoms with Gasteiger partial charge in [-0.15, -0.1) is 0 Å². The van der Waals surface area contributed by atoms with Gasteiger partial charge in [0.25, 0.3) is 5.91 Å². The van der Waals surface area contributed by atoms with Gasteiger partial charge < -0.3 is 10.1 Å². The molecule has 5 nitrogen and oxygen atoms in total. The fourth-order valence-electron chi connectivity index (χ4n) is 3.90. The highest BCUT2D eigenvalue weighted by atomic mass is 19.2. The van der Waals surface area contributed by atoms with Gasteiger partial charge in [0, 0.05) is 17.6 Å². The number of carbonyl (C=O) groups excluding carboxylic acids is 1. The third-order valence-electron chi connectivity index (χ3n) is 5.65. The number of nitrogens with zero attached hydrogens (tertiary/aromatic N) is 2. The van der Waals surface area contributed by atoms with Crippen LogP contribution in [0.5, 0.6) is 5.75 Å². The molecular weight excluding hydrogens is 376 g/mol. The van der Waals surface area contributed by atoms with Gasteiger partial charge in [-0.1, -0.05) is 13.0 Å². The summed E-state index contributed by atoms with van der Waals surface area (Å²) < 4.78 is 34.8.